The Morgan fingerprint density at radius 2 is 2.06 bits per heavy atom. The third-order valence-electron chi connectivity index (χ3n) is 4.05. The van der Waals surface area contributed by atoms with E-state index in [0.717, 1.165) is 23.1 Å². The van der Waals surface area contributed by atoms with Gasteiger partial charge in [-0.2, -0.15) is 12.7 Å². The normalized spacial score (nSPS) is 18.5. The van der Waals surface area contributed by atoms with Crippen LogP contribution in [0, 0.1) is 0 Å². The van der Waals surface area contributed by atoms with Gasteiger partial charge in [0, 0.05) is 10.3 Å². The molecule has 1 aromatic carbocycles. The van der Waals surface area contributed by atoms with Crippen LogP contribution in [-0.4, -0.2) is 70.1 Å². The minimum atomic E-state index is -4.85. The van der Waals surface area contributed by atoms with Crippen LogP contribution in [0.5, 0.6) is 0 Å². The van der Waals surface area contributed by atoms with E-state index >= 15 is 0 Å². The second-order valence-electron chi connectivity index (χ2n) is 6.23. The number of alkyl halides is 1. The summed E-state index contributed by atoms with van der Waals surface area (Å²) in [6.07, 6.45) is 0. The number of benzene rings is 1. The molecule has 1 aromatic heterocycles. The van der Waals surface area contributed by atoms with Crippen molar-refractivity contribution in [2.45, 2.75) is 16.3 Å². The third kappa shape index (κ3) is 5.80. The van der Waals surface area contributed by atoms with E-state index in [1.807, 2.05) is 0 Å². The monoisotopic (exact) mass is 533 g/mol. The number of carbonyl (C=O) groups excluding carboxylic acids is 3. The fraction of sp³-hybridized carbons (Fsp3) is 0.235. The predicted octanol–water partition coefficient (Wildman–Crippen LogP) is 0.919. The molecule has 1 aliphatic heterocycles. The fourth-order valence-corrected chi connectivity index (χ4v) is 5.74. The largest absolute Gasteiger partial charge is 0.398 e. The summed E-state index contributed by atoms with van der Waals surface area (Å²) < 4.78 is 33.0. The maximum atomic E-state index is 12.9. The Hall–Kier alpha value is -2.72. The first kappa shape index (κ1) is 24.9. The molecule has 3 N–H and O–H groups in total. The lowest BCUT2D eigenvalue weighted by molar-refractivity contribution is -0.140. The molecule has 1 fully saturated rings. The van der Waals surface area contributed by atoms with E-state index in [0.29, 0.717) is 4.90 Å². The Labute approximate surface area is 201 Å². The SMILES string of the molecule is CO/N=C(\C(=O)N[C@@H]1C(=O)N(S(=O)(=O)O)[C@H]1Sc1ccccc1)c1csc(NC(=O)CCl)n1. The van der Waals surface area contributed by atoms with E-state index in [9.17, 15) is 27.4 Å². The van der Waals surface area contributed by atoms with Crippen molar-refractivity contribution in [2.75, 3.05) is 18.3 Å². The lowest BCUT2D eigenvalue weighted by Gasteiger charge is -2.43. The van der Waals surface area contributed by atoms with Gasteiger partial charge in [0.25, 0.3) is 11.8 Å². The summed E-state index contributed by atoms with van der Waals surface area (Å²) in [5.41, 5.74) is -0.281. The highest BCUT2D eigenvalue weighted by Gasteiger charge is 2.55. The molecule has 2 heterocycles. The molecule has 2 aromatic rings. The van der Waals surface area contributed by atoms with Crippen LogP contribution in [0.15, 0.2) is 45.8 Å². The number of halogens is 1. The molecule has 16 heteroatoms. The van der Waals surface area contributed by atoms with Gasteiger partial charge in [-0.15, -0.1) is 22.9 Å². The van der Waals surface area contributed by atoms with Crippen LogP contribution in [0.3, 0.4) is 0 Å². The van der Waals surface area contributed by atoms with Crippen LogP contribution in [0.2, 0.25) is 0 Å². The Morgan fingerprint density at radius 1 is 1.36 bits per heavy atom. The number of thiazole rings is 1. The molecule has 2 atom stereocenters. The molecule has 0 bridgehead atoms. The standard InChI is InChI=1S/C17H16ClN5O7S3/c1-30-22-12(10-8-31-17(19-10)20-11(24)7-18)14(25)21-13-15(26)23(33(27,28)29)16(13)32-9-5-3-2-4-6-9/h2-6,8,13,16H,7H2,1H3,(H,21,25)(H,19,20,24)(H,27,28,29)/b22-12-/t13-,16+/m1/s1. The van der Waals surface area contributed by atoms with Gasteiger partial charge in [0.15, 0.2) is 10.8 Å². The average Bonchev–Trinajstić information content (AvgIpc) is 3.22. The average molecular weight is 534 g/mol. The van der Waals surface area contributed by atoms with Gasteiger partial charge >= 0.3 is 10.3 Å². The Bertz CT molecular complexity index is 1190. The summed E-state index contributed by atoms with van der Waals surface area (Å²) in [7, 11) is -3.66. The minimum absolute atomic E-state index is 0.0369. The molecule has 0 radical (unpaired) electrons. The van der Waals surface area contributed by atoms with Crippen LogP contribution < -0.4 is 10.6 Å². The summed E-state index contributed by atoms with van der Waals surface area (Å²) >= 11 is 7.40. The number of rotatable bonds is 9. The van der Waals surface area contributed by atoms with Gasteiger partial charge < -0.3 is 15.5 Å². The lowest BCUT2D eigenvalue weighted by atomic mass is 10.1. The fourth-order valence-electron chi connectivity index (χ4n) is 2.67. The van der Waals surface area contributed by atoms with Crippen LogP contribution in [0.4, 0.5) is 5.13 Å². The van der Waals surface area contributed by atoms with Crippen LogP contribution in [0.25, 0.3) is 0 Å². The number of aromatic nitrogens is 1. The number of oxime groups is 1. The maximum absolute atomic E-state index is 12.9. The number of β-lactam (4-membered cyclic amide) rings is 1. The van der Waals surface area contributed by atoms with Gasteiger partial charge in [-0.25, -0.2) is 4.98 Å². The van der Waals surface area contributed by atoms with E-state index in [2.05, 4.69) is 20.8 Å². The van der Waals surface area contributed by atoms with Gasteiger partial charge in [0.1, 0.15) is 30.1 Å². The lowest BCUT2D eigenvalue weighted by Crippen LogP contribution is -2.71. The first-order valence-corrected chi connectivity index (χ1v) is 12.6. The van der Waals surface area contributed by atoms with Crippen molar-refractivity contribution in [1.82, 2.24) is 14.6 Å². The number of anilines is 1. The van der Waals surface area contributed by atoms with E-state index < -0.39 is 39.4 Å². The number of nitrogens with zero attached hydrogens (tertiary/aromatic N) is 3. The second kappa shape index (κ2) is 10.5. The molecule has 176 valence electrons. The minimum Gasteiger partial charge on any atom is -0.398 e. The number of thioether (sulfide) groups is 1. The van der Waals surface area contributed by atoms with Gasteiger partial charge in [0.2, 0.25) is 5.91 Å². The van der Waals surface area contributed by atoms with Crippen molar-refractivity contribution in [1.29, 1.82) is 0 Å². The highest BCUT2D eigenvalue weighted by atomic mass is 35.5. The van der Waals surface area contributed by atoms with Crippen molar-refractivity contribution in [3.05, 3.63) is 41.4 Å². The first-order chi connectivity index (χ1) is 15.7. The quantitative estimate of drug-likeness (QED) is 0.139. The number of hydrogen-bond donors (Lipinski definition) is 3. The zero-order valence-corrected chi connectivity index (χ0v) is 19.9. The van der Waals surface area contributed by atoms with Crippen molar-refractivity contribution >= 4 is 73.6 Å². The molecule has 1 aliphatic rings. The summed E-state index contributed by atoms with van der Waals surface area (Å²) in [6, 6.07) is 7.24. The molecule has 12 nitrogen and oxygen atoms in total. The highest BCUT2D eigenvalue weighted by Crippen LogP contribution is 2.37. The Morgan fingerprint density at radius 3 is 2.67 bits per heavy atom. The highest BCUT2D eigenvalue weighted by molar-refractivity contribution is 8.00. The van der Waals surface area contributed by atoms with Crippen LogP contribution in [0.1, 0.15) is 5.69 Å². The Balaban J connectivity index is 1.81. The van der Waals surface area contributed by atoms with Crippen molar-refractivity contribution < 1.29 is 32.2 Å². The maximum Gasteiger partial charge on any atom is 0.363 e. The van der Waals surface area contributed by atoms with Gasteiger partial charge in [-0.1, -0.05) is 35.1 Å². The molecular formula is C17H16ClN5O7S3. The Kier molecular flexibility index (Phi) is 7.91. The smallest absolute Gasteiger partial charge is 0.363 e. The zero-order valence-electron chi connectivity index (χ0n) is 16.7. The predicted molar refractivity (Wildman–Crippen MR) is 121 cm³/mol. The second-order valence-corrected chi connectivity index (χ2v) is 9.83. The number of carbonyl (C=O) groups is 3. The molecular weight excluding hydrogens is 518 g/mol. The van der Waals surface area contributed by atoms with Gasteiger partial charge in [0.05, 0.1) is 0 Å². The molecule has 0 aliphatic carbocycles. The van der Waals surface area contributed by atoms with Crippen molar-refractivity contribution in [3.8, 4) is 0 Å². The van der Waals surface area contributed by atoms with Crippen molar-refractivity contribution in [3.63, 3.8) is 0 Å². The molecule has 33 heavy (non-hydrogen) atoms. The van der Waals surface area contributed by atoms with Crippen LogP contribution in [-0.2, 0) is 29.5 Å². The van der Waals surface area contributed by atoms with E-state index in [4.69, 9.17) is 16.4 Å². The summed E-state index contributed by atoms with van der Waals surface area (Å²) in [5, 5.41) is 8.89. The van der Waals surface area contributed by atoms with Crippen LogP contribution >= 0.6 is 34.7 Å². The molecule has 0 spiro atoms. The summed E-state index contributed by atoms with van der Waals surface area (Å²) in [5.74, 6) is -2.70. The van der Waals surface area contributed by atoms with E-state index in [1.165, 1.54) is 12.5 Å². The molecule has 0 unspecified atom stereocenters. The molecule has 1 saturated heterocycles. The van der Waals surface area contributed by atoms with E-state index in [1.54, 1.807) is 30.3 Å². The summed E-state index contributed by atoms with van der Waals surface area (Å²) in [4.78, 5) is 46.1. The first-order valence-electron chi connectivity index (χ1n) is 8.91. The van der Waals surface area contributed by atoms with Gasteiger partial charge in [-0.3, -0.25) is 18.9 Å². The number of nitrogens with one attached hydrogen (secondary N) is 2. The molecule has 0 saturated carbocycles. The topological polar surface area (TPSA) is 167 Å². The number of hydrogen-bond acceptors (Lipinski definition) is 10. The summed E-state index contributed by atoms with van der Waals surface area (Å²) in [6.45, 7) is 0. The molecule has 3 rings (SSSR count). The van der Waals surface area contributed by atoms with Crippen molar-refractivity contribution in [2.24, 2.45) is 5.16 Å². The van der Waals surface area contributed by atoms with E-state index in [-0.39, 0.29) is 26.7 Å². The molecule has 3 amide bonds. The third-order valence-corrected chi connectivity index (χ3v) is 7.35. The number of amides is 3. The van der Waals surface area contributed by atoms with Gasteiger partial charge in [-0.05, 0) is 12.1 Å². The zero-order chi connectivity index (χ0) is 24.2.